The van der Waals surface area contributed by atoms with Gasteiger partial charge in [0.15, 0.2) is 0 Å². The summed E-state index contributed by atoms with van der Waals surface area (Å²) in [5.41, 5.74) is 9.24. The standard InChI is InChI=1S/C24H26N4O/c25-17-12-15-6-5-7-16(13-17)23(15)28-24(29)19-14-22(21-10-3-4-11-26-21)27-20-9-2-1-8-18(19)20/h1-4,8-11,14-17,23H,5-7,12-13,25H2,(H,28,29). The fourth-order valence-corrected chi connectivity index (χ4v) is 5.26. The number of amides is 1. The van der Waals surface area contributed by atoms with E-state index in [0.29, 0.717) is 17.4 Å². The molecule has 2 bridgehead atoms. The van der Waals surface area contributed by atoms with Crippen molar-refractivity contribution in [3.63, 3.8) is 0 Å². The average Bonchev–Trinajstić information content (AvgIpc) is 2.74. The predicted octanol–water partition coefficient (Wildman–Crippen LogP) is 3.93. The van der Waals surface area contributed by atoms with E-state index in [9.17, 15) is 4.79 Å². The zero-order valence-electron chi connectivity index (χ0n) is 16.4. The van der Waals surface area contributed by atoms with Crippen molar-refractivity contribution in [3.8, 4) is 11.4 Å². The molecule has 1 amide bonds. The van der Waals surface area contributed by atoms with Crippen LogP contribution in [0.3, 0.4) is 0 Å². The molecule has 2 saturated carbocycles. The zero-order valence-corrected chi connectivity index (χ0v) is 16.4. The lowest BCUT2D eigenvalue weighted by Crippen LogP contribution is -2.53. The second kappa shape index (κ2) is 7.56. The van der Waals surface area contributed by atoms with E-state index in [-0.39, 0.29) is 18.0 Å². The SMILES string of the molecule is NC1CC2CCCC(C1)C2NC(=O)c1cc(-c2ccccn2)nc2ccccc12. The number of nitrogens with zero attached hydrogens (tertiary/aromatic N) is 2. The van der Waals surface area contributed by atoms with E-state index in [0.717, 1.165) is 48.0 Å². The first-order valence-electron chi connectivity index (χ1n) is 10.6. The van der Waals surface area contributed by atoms with Crippen LogP contribution >= 0.6 is 0 Å². The first-order valence-corrected chi connectivity index (χ1v) is 10.6. The van der Waals surface area contributed by atoms with Crippen LogP contribution in [0.2, 0.25) is 0 Å². The Bertz CT molecular complexity index is 1020. The highest BCUT2D eigenvalue weighted by Gasteiger charge is 2.40. The molecule has 0 aliphatic heterocycles. The molecule has 2 heterocycles. The van der Waals surface area contributed by atoms with Gasteiger partial charge in [0.05, 0.1) is 22.5 Å². The summed E-state index contributed by atoms with van der Waals surface area (Å²) >= 11 is 0. The monoisotopic (exact) mass is 386 g/mol. The summed E-state index contributed by atoms with van der Waals surface area (Å²) in [4.78, 5) is 22.6. The summed E-state index contributed by atoms with van der Waals surface area (Å²) in [5.74, 6) is 0.966. The van der Waals surface area contributed by atoms with Crippen molar-refractivity contribution < 1.29 is 4.79 Å². The Morgan fingerprint density at radius 3 is 2.52 bits per heavy atom. The average molecular weight is 386 g/mol. The number of fused-ring (bicyclic) bond motifs is 3. The maximum Gasteiger partial charge on any atom is 0.252 e. The van der Waals surface area contributed by atoms with Gasteiger partial charge < -0.3 is 11.1 Å². The Hall–Kier alpha value is -2.79. The normalized spacial score (nSPS) is 26.2. The molecule has 2 unspecified atom stereocenters. The van der Waals surface area contributed by atoms with Gasteiger partial charge in [0.2, 0.25) is 0 Å². The largest absolute Gasteiger partial charge is 0.349 e. The second-order valence-corrected chi connectivity index (χ2v) is 8.47. The quantitative estimate of drug-likeness (QED) is 0.715. The molecule has 3 N–H and O–H groups in total. The summed E-state index contributed by atoms with van der Waals surface area (Å²) < 4.78 is 0. The van der Waals surface area contributed by atoms with Crippen molar-refractivity contribution in [1.29, 1.82) is 0 Å². The third-order valence-corrected chi connectivity index (χ3v) is 6.56. The number of rotatable bonds is 3. The number of hydrogen-bond donors (Lipinski definition) is 2. The molecule has 2 atom stereocenters. The molecule has 148 valence electrons. The number of hydrogen-bond acceptors (Lipinski definition) is 4. The Kier molecular flexibility index (Phi) is 4.76. The fraction of sp³-hybridized carbons (Fsp3) is 0.375. The first-order chi connectivity index (χ1) is 14.2. The Balaban J connectivity index is 1.51. The van der Waals surface area contributed by atoms with E-state index >= 15 is 0 Å². The van der Waals surface area contributed by atoms with E-state index in [1.54, 1.807) is 6.20 Å². The van der Waals surface area contributed by atoms with Crippen LogP contribution < -0.4 is 11.1 Å². The predicted molar refractivity (Wildman–Crippen MR) is 114 cm³/mol. The number of benzene rings is 1. The molecule has 2 aliphatic carbocycles. The van der Waals surface area contributed by atoms with Gasteiger partial charge in [-0.2, -0.15) is 0 Å². The highest BCUT2D eigenvalue weighted by Crippen LogP contribution is 2.40. The Labute approximate surface area is 170 Å². The maximum absolute atomic E-state index is 13.4. The molecule has 29 heavy (non-hydrogen) atoms. The van der Waals surface area contributed by atoms with Gasteiger partial charge in [0.1, 0.15) is 0 Å². The van der Waals surface area contributed by atoms with Gasteiger partial charge in [0.25, 0.3) is 5.91 Å². The number of carbonyl (C=O) groups excluding carboxylic acids is 1. The van der Waals surface area contributed by atoms with E-state index in [2.05, 4.69) is 10.3 Å². The number of nitrogens with one attached hydrogen (secondary N) is 1. The van der Waals surface area contributed by atoms with Gasteiger partial charge in [-0.15, -0.1) is 0 Å². The van der Waals surface area contributed by atoms with Gasteiger partial charge in [-0.3, -0.25) is 9.78 Å². The zero-order chi connectivity index (χ0) is 19.8. The summed E-state index contributed by atoms with van der Waals surface area (Å²) in [6.07, 6.45) is 7.33. The van der Waals surface area contributed by atoms with Crippen LogP contribution in [0.15, 0.2) is 54.7 Å². The van der Waals surface area contributed by atoms with Gasteiger partial charge >= 0.3 is 0 Å². The van der Waals surface area contributed by atoms with Crippen molar-refractivity contribution in [3.05, 3.63) is 60.3 Å². The van der Waals surface area contributed by atoms with Crippen LogP contribution in [0, 0.1) is 11.8 Å². The van der Waals surface area contributed by atoms with Crippen molar-refractivity contribution in [1.82, 2.24) is 15.3 Å². The lowest BCUT2D eigenvalue weighted by Gasteiger charge is -2.45. The molecule has 3 aromatic rings. The molecule has 5 nitrogen and oxygen atoms in total. The molecule has 1 aromatic carbocycles. The third-order valence-electron chi connectivity index (χ3n) is 6.56. The number of aromatic nitrogens is 2. The van der Waals surface area contributed by atoms with Crippen molar-refractivity contribution in [2.24, 2.45) is 17.6 Å². The second-order valence-electron chi connectivity index (χ2n) is 8.47. The van der Waals surface area contributed by atoms with E-state index in [1.807, 2.05) is 48.5 Å². The minimum absolute atomic E-state index is 0.0156. The Morgan fingerprint density at radius 1 is 1.00 bits per heavy atom. The Morgan fingerprint density at radius 2 is 1.76 bits per heavy atom. The molecule has 0 saturated heterocycles. The minimum Gasteiger partial charge on any atom is -0.349 e. The van der Waals surface area contributed by atoms with Crippen LogP contribution in [0.5, 0.6) is 0 Å². The highest BCUT2D eigenvalue weighted by molar-refractivity contribution is 6.07. The number of pyridine rings is 2. The lowest BCUT2D eigenvalue weighted by atomic mass is 9.67. The van der Waals surface area contributed by atoms with Gasteiger partial charge in [-0.1, -0.05) is 30.7 Å². The number of para-hydroxylation sites is 1. The summed E-state index contributed by atoms with van der Waals surface area (Å²) in [7, 11) is 0. The summed E-state index contributed by atoms with van der Waals surface area (Å²) in [6.45, 7) is 0. The summed E-state index contributed by atoms with van der Waals surface area (Å²) in [6, 6.07) is 15.9. The maximum atomic E-state index is 13.4. The number of carbonyl (C=O) groups is 1. The molecule has 2 fully saturated rings. The van der Waals surface area contributed by atoms with Crippen molar-refractivity contribution in [2.75, 3.05) is 0 Å². The van der Waals surface area contributed by atoms with E-state index in [4.69, 9.17) is 10.7 Å². The molecule has 5 heteroatoms. The van der Waals surface area contributed by atoms with Crippen molar-refractivity contribution >= 4 is 16.8 Å². The molecular formula is C24H26N4O. The van der Waals surface area contributed by atoms with Crippen molar-refractivity contribution in [2.45, 2.75) is 44.2 Å². The molecule has 2 aromatic heterocycles. The molecular weight excluding hydrogens is 360 g/mol. The smallest absolute Gasteiger partial charge is 0.252 e. The van der Waals surface area contributed by atoms with Gasteiger partial charge in [-0.05, 0) is 61.8 Å². The molecule has 0 radical (unpaired) electrons. The lowest BCUT2D eigenvalue weighted by molar-refractivity contribution is 0.0757. The van der Waals surface area contributed by atoms with Gasteiger partial charge in [-0.25, -0.2) is 4.98 Å². The van der Waals surface area contributed by atoms with Crippen LogP contribution in [0.1, 0.15) is 42.5 Å². The fourth-order valence-electron chi connectivity index (χ4n) is 5.26. The van der Waals surface area contributed by atoms with Gasteiger partial charge in [0, 0.05) is 23.7 Å². The van der Waals surface area contributed by atoms with Crippen LogP contribution in [0.25, 0.3) is 22.3 Å². The van der Waals surface area contributed by atoms with E-state index < -0.39 is 0 Å². The summed E-state index contributed by atoms with van der Waals surface area (Å²) in [5, 5.41) is 4.26. The topological polar surface area (TPSA) is 80.9 Å². The van der Waals surface area contributed by atoms with Crippen LogP contribution in [-0.2, 0) is 0 Å². The van der Waals surface area contributed by atoms with Crippen LogP contribution in [-0.4, -0.2) is 28.0 Å². The van der Waals surface area contributed by atoms with E-state index in [1.165, 1.54) is 6.42 Å². The number of nitrogens with two attached hydrogens (primary N) is 1. The molecule has 5 rings (SSSR count). The first kappa shape index (κ1) is 18.3. The van der Waals surface area contributed by atoms with Crippen LogP contribution in [0.4, 0.5) is 0 Å². The molecule has 0 spiro atoms. The molecule has 2 aliphatic rings. The minimum atomic E-state index is -0.0156. The highest BCUT2D eigenvalue weighted by atomic mass is 16.1. The third kappa shape index (κ3) is 3.51.